The molecule has 0 saturated heterocycles. The summed E-state index contributed by atoms with van der Waals surface area (Å²) in [4.78, 5) is 29.8. The number of hydrogen-bond donors (Lipinski definition) is 0. The molecule has 0 saturated carbocycles. The Morgan fingerprint density at radius 3 is 1.02 bits per heavy atom. The van der Waals surface area contributed by atoms with Crippen molar-refractivity contribution in [2.45, 2.75) is 41.5 Å². The highest BCUT2D eigenvalue weighted by molar-refractivity contribution is 6.33. The summed E-state index contributed by atoms with van der Waals surface area (Å²) in [6.07, 6.45) is 0. The van der Waals surface area contributed by atoms with Gasteiger partial charge in [-0.05, 0) is 110 Å². The Balaban J connectivity index is 1.53. The SMILES string of the molecule is Cc1cc(C)c(C#Cc2c3c(c(C#Cc4c(C)cc(C)cc4C)c4cc5ccccc5cc24)C(=O)c2cc4ccccc4cc2C3=O)c(C)c1. The summed E-state index contributed by atoms with van der Waals surface area (Å²) in [6, 6.07) is 32.4. The summed E-state index contributed by atoms with van der Waals surface area (Å²) in [7, 11) is 0. The molecule has 0 spiro atoms. The Labute approximate surface area is 292 Å². The minimum atomic E-state index is -0.206. The summed E-state index contributed by atoms with van der Waals surface area (Å²) in [6.45, 7) is 12.4. The molecule has 0 unspecified atom stereocenters. The highest BCUT2D eigenvalue weighted by Gasteiger charge is 2.36. The van der Waals surface area contributed by atoms with Gasteiger partial charge in [0.1, 0.15) is 0 Å². The van der Waals surface area contributed by atoms with Crippen LogP contribution in [0.5, 0.6) is 0 Å². The van der Waals surface area contributed by atoms with Crippen molar-refractivity contribution in [2.75, 3.05) is 0 Å². The molecule has 7 aromatic carbocycles. The zero-order chi connectivity index (χ0) is 34.8. The van der Waals surface area contributed by atoms with Crippen LogP contribution in [0.3, 0.4) is 0 Å². The first-order valence-electron chi connectivity index (χ1n) is 16.9. The molecule has 0 N–H and O–H groups in total. The molecule has 0 bridgehead atoms. The fourth-order valence-electron chi connectivity index (χ4n) is 7.78. The van der Waals surface area contributed by atoms with E-state index in [0.29, 0.717) is 33.4 Å². The molecule has 0 amide bonds. The molecule has 50 heavy (non-hydrogen) atoms. The number of rotatable bonds is 0. The minimum Gasteiger partial charge on any atom is -0.289 e. The van der Waals surface area contributed by atoms with E-state index in [1.54, 1.807) is 0 Å². The first-order valence-corrected chi connectivity index (χ1v) is 16.9. The molecule has 238 valence electrons. The molecule has 1 aliphatic carbocycles. The van der Waals surface area contributed by atoms with Crippen LogP contribution in [-0.2, 0) is 0 Å². The first kappa shape index (κ1) is 31.1. The van der Waals surface area contributed by atoms with Crippen molar-refractivity contribution in [3.8, 4) is 23.7 Å². The summed E-state index contributed by atoms with van der Waals surface area (Å²) >= 11 is 0. The Hall–Kier alpha value is -6.22. The summed E-state index contributed by atoms with van der Waals surface area (Å²) < 4.78 is 0. The zero-order valence-electron chi connectivity index (χ0n) is 29.1. The molecule has 8 rings (SSSR count). The lowest BCUT2D eigenvalue weighted by atomic mass is 9.76. The largest absolute Gasteiger partial charge is 0.289 e. The van der Waals surface area contributed by atoms with E-state index in [9.17, 15) is 9.59 Å². The van der Waals surface area contributed by atoms with E-state index in [2.05, 4.69) is 114 Å². The van der Waals surface area contributed by atoms with Crippen LogP contribution < -0.4 is 0 Å². The zero-order valence-corrected chi connectivity index (χ0v) is 29.1. The lowest BCUT2D eigenvalue weighted by Crippen LogP contribution is -2.24. The molecule has 1 aliphatic rings. The van der Waals surface area contributed by atoms with E-state index in [0.717, 1.165) is 65.7 Å². The van der Waals surface area contributed by atoms with Crippen LogP contribution in [0.2, 0.25) is 0 Å². The van der Waals surface area contributed by atoms with Gasteiger partial charge in [0.15, 0.2) is 11.6 Å². The first-order chi connectivity index (χ1) is 24.1. The second kappa shape index (κ2) is 11.7. The number of carbonyl (C=O) groups excluding carboxylic acids is 2. The van der Waals surface area contributed by atoms with E-state index in [1.807, 2.05) is 48.5 Å². The van der Waals surface area contributed by atoms with Crippen molar-refractivity contribution in [3.63, 3.8) is 0 Å². The van der Waals surface area contributed by atoms with Gasteiger partial charge in [0.2, 0.25) is 0 Å². The molecule has 7 aromatic rings. The van der Waals surface area contributed by atoms with E-state index >= 15 is 0 Å². The van der Waals surface area contributed by atoms with Gasteiger partial charge >= 0.3 is 0 Å². The minimum absolute atomic E-state index is 0.206. The Morgan fingerprint density at radius 1 is 0.380 bits per heavy atom. The van der Waals surface area contributed by atoms with Crippen molar-refractivity contribution in [3.05, 3.63) is 175 Å². The number of benzene rings is 7. The average molecular weight is 643 g/mol. The van der Waals surface area contributed by atoms with Gasteiger partial charge in [-0.1, -0.05) is 108 Å². The maximum Gasteiger partial charge on any atom is 0.195 e. The van der Waals surface area contributed by atoms with Crippen molar-refractivity contribution in [1.82, 2.24) is 0 Å². The van der Waals surface area contributed by atoms with Gasteiger partial charge in [-0.15, -0.1) is 0 Å². The van der Waals surface area contributed by atoms with Crippen LogP contribution in [0.4, 0.5) is 0 Å². The molecule has 0 aromatic heterocycles. The van der Waals surface area contributed by atoms with Crippen LogP contribution >= 0.6 is 0 Å². The molecule has 0 heterocycles. The molecule has 0 radical (unpaired) electrons. The van der Waals surface area contributed by atoms with Crippen LogP contribution in [-0.4, -0.2) is 11.6 Å². The predicted molar refractivity (Wildman–Crippen MR) is 206 cm³/mol. The van der Waals surface area contributed by atoms with Crippen LogP contribution in [0.15, 0.2) is 97.1 Å². The fraction of sp³-hybridized carbons (Fsp3) is 0.125. The number of fused-ring (bicyclic) bond motifs is 5. The lowest BCUT2D eigenvalue weighted by Gasteiger charge is -2.23. The standard InChI is InChI=1S/C48H34O2/c1-27-19-29(3)37(30(4)20-27)15-17-39-41-23-33-11-7-8-12-34(33)24-42(41)40(18-16-38-31(5)21-28(2)22-32(38)6)46-45(39)47(49)43-25-35-13-9-10-14-36(35)26-44(43)48(46)50/h7-14,19-26H,1-6H3. The highest BCUT2D eigenvalue weighted by atomic mass is 16.1. The quantitative estimate of drug-likeness (QED) is 0.122. The number of hydrogen-bond acceptors (Lipinski definition) is 2. The predicted octanol–water partition coefficient (Wildman–Crippen LogP) is 10.6. The monoisotopic (exact) mass is 642 g/mol. The molecule has 0 aliphatic heterocycles. The Bertz CT molecular complexity index is 2570. The van der Waals surface area contributed by atoms with Crippen molar-refractivity contribution >= 4 is 43.9 Å². The normalized spacial score (nSPS) is 12.0. The Kier molecular flexibility index (Phi) is 7.29. The molecule has 2 nitrogen and oxygen atoms in total. The highest BCUT2D eigenvalue weighted by Crippen LogP contribution is 2.40. The van der Waals surface area contributed by atoms with E-state index in [1.165, 1.54) is 11.1 Å². The topological polar surface area (TPSA) is 34.1 Å². The number of ketones is 2. The van der Waals surface area contributed by atoms with E-state index in [-0.39, 0.29) is 11.6 Å². The molecular formula is C48H34O2. The van der Waals surface area contributed by atoms with Crippen molar-refractivity contribution < 1.29 is 9.59 Å². The number of aryl methyl sites for hydroxylation is 6. The van der Waals surface area contributed by atoms with Gasteiger partial charge in [0.25, 0.3) is 0 Å². The van der Waals surface area contributed by atoms with Crippen LogP contribution in [0.25, 0.3) is 32.3 Å². The fourth-order valence-corrected chi connectivity index (χ4v) is 7.78. The van der Waals surface area contributed by atoms with Crippen LogP contribution in [0.1, 0.15) is 87.5 Å². The molecule has 2 heteroatoms. The van der Waals surface area contributed by atoms with Crippen molar-refractivity contribution in [1.29, 1.82) is 0 Å². The second-order valence-corrected chi connectivity index (χ2v) is 13.7. The molecule has 0 fully saturated rings. The summed E-state index contributed by atoms with van der Waals surface area (Å²) in [5, 5.41) is 5.48. The average Bonchev–Trinajstić information content (AvgIpc) is 3.08. The van der Waals surface area contributed by atoms with E-state index in [4.69, 9.17) is 0 Å². The van der Waals surface area contributed by atoms with E-state index < -0.39 is 0 Å². The summed E-state index contributed by atoms with van der Waals surface area (Å²) in [5.74, 6) is 13.4. The maximum absolute atomic E-state index is 14.9. The van der Waals surface area contributed by atoms with Gasteiger partial charge in [-0.2, -0.15) is 0 Å². The van der Waals surface area contributed by atoms with Gasteiger partial charge in [0, 0.05) is 44.2 Å². The number of carbonyl (C=O) groups is 2. The van der Waals surface area contributed by atoms with Crippen molar-refractivity contribution in [2.24, 2.45) is 0 Å². The maximum atomic E-state index is 14.9. The molecular weight excluding hydrogens is 609 g/mol. The van der Waals surface area contributed by atoms with Gasteiger partial charge in [-0.3, -0.25) is 9.59 Å². The smallest absolute Gasteiger partial charge is 0.195 e. The van der Waals surface area contributed by atoms with Gasteiger partial charge in [-0.25, -0.2) is 0 Å². The Morgan fingerprint density at radius 2 is 0.680 bits per heavy atom. The third-order valence-corrected chi connectivity index (χ3v) is 9.98. The van der Waals surface area contributed by atoms with Crippen LogP contribution in [0, 0.1) is 65.2 Å². The molecule has 0 atom stereocenters. The third-order valence-electron chi connectivity index (χ3n) is 9.98. The van der Waals surface area contributed by atoms with Gasteiger partial charge in [0.05, 0.1) is 11.1 Å². The summed E-state index contributed by atoms with van der Waals surface area (Å²) in [5.41, 5.74) is 11.1. The van der Waals surface area contributed by atoms with Gasteiger partial charge < -0.3 is 0 Å². The second-order valence-electron chi connectivity index (χ2n) is 13.7. The lowest BCUT2D eigenvalue weighted by molar-refractivity contribution is 0.0979. The third kappa shape index (κ3) is 5.01.